The van der Waals surface area contributed by atoms with E-state index in [0.29, 0.717) is 6.54 Å². The van der Waals surface area contributed by atoms with Gasteiger partial charge in [0, 0.05) is 29.9 Å². The molecule has 1 aliphatic heterocycles. The van der Waals surface area contributed by atoms with Gasteiger partial charge in [0.1, 0.15) is 0 Å². The van der Waals surface area contributed by atoms with Gasteiger partial charge in [-0.15, -0.1) is 0 Å². The summed E-state index contributed by atoms with van der Waals surface area (Å²) in [5.41, 5.74) is 3.22. The van der Waals surface area contributed by atoms with Crippen molar-refractivity contribution < 1.29 is 9.90 Å². The summed E-state index contributed by atoms with van der Waals surface area (Å²) in [7, 11) is 0. The number of carboxylic acid groups (broad SMARTS) is 1. The van der Waals surface area contributed by atoms with Crippen LogP contribution in [-0.2, 0) is 11.2 Å². The number of benzene rings is 1. The van der Waals surface area contributed by atoms with Gasteiger partial charge in [0.15, 0.2) is 0 Å². The van der Waals surface area contributed by atoms with Gasteiger partial charge >= 0.3 is 5.97 Å². The van der Waals surface area contributed by atoms with Crippen LogP contribution in [0.25, 0.3) is 10.9 Å². The van der Waals surface area contributed by atoms with Gasteiger partial charge in [0.25, 0.3) is 0 Å². The van der Waals surface area contributed by atoms with E-state index in [0.717, 1.165) is 48.1 Å². The first-order chi connectivity index (χ1) is 10.2. The van der Waals surface area contributed by atoms with Crippen LogP contribution in [-0.4, -0.2) is 29.1 Å². The van der Waals surface area contributed by atoms with Crippen LogP contribution in [0.4, 0.5) is 5.69 Å². The third kappa shape index (κ3) is 2.71. The molecule has 1 atom stereocenters. The first-order valence-corrected chi connectivity index (χ1v) is 7.55. The molecular weight excluding hydrogens is 264 g/mol. The fourth-order valence-electron chi connectivity index (χ4n) is 3.04. The third-order valence-corrected chi connectivity index (χ3v) is 4.13. The molecule has 0 aliphatic carbocycles. The first kappa shape index (κ1) is 13.9. The predicted molar refractivity (Wildman–Crippen MR) is 83.7 cm³/mol. The molecule has 2 aromatic rings. The summed E-state index contributed by atoms with van der Waals surface area (Å²) in [6.07, 6.45) is 2.73. The topological polar surface area (TPSA) is 53.4 Å². The Labute approximate surface area is 124 Å². The fourth-order valence-corrected chi connectivity index (χ4v) is 3.04. The lowest BCUT2D eigenvalue weighted by Gasteiger charge is -2.21. The molecule has 3 rings (SSSR count). The molecule has 1 aromatic heterocycles. The summed E-state index contributed by atoms with van der Waals surface area (Å²) in [5, 5.41) is 10.3. The van der Waals surface area contributed by atoms with Crippen molar-refractivity contribution in [3.05, 3.63) is 36.0 Å². The average Bonchev–Trinajstić information content (AvgIpc) is 2.96. The van der Waals surface area contributed by atoms with Crippen LogP contribution in [0.2, 0.25) is 0 Å². The standard InChI is InChI=1S/C17H20N2O2/c1-2-5-13-10-16(14-6-3-4-7-15(14)18-13)19-9-8-12(11-19)17(20)21/h3-4,6-7,10,12H,2,5,8-9,11H2,1H3,(H,20,21). The summed E-state index contributed by atoms with van der Waals surface area (Å²) >= 11 is 0. The van der Waals surface area contributed by atoms with Crippen LogP contribution in [0.3, 0.4) is 0 Å². The Hall–Kier alpha value is -2.10. The number of carboxylic acids is 1. The van der Waals surface area contributed by atoms with Crippen LogP contribution >= 0.6 is 0 Å². The van der Waals surface area contributed by atoms with E-state index in [9.17, 15) is 9.90 Å². The second-order valence-corrected chi connectivity index (χ2v) is 5.67. The lowest BCUT2D eigenvalue weighted by Crippen LogP contribution is -2.23. The van der Waals surface area contributed by atoms with Crippen LogP contribution in [0.5, 0.6) is 0 Å². The SMILES string of the molecule is CCCc1cc(N2CCC(C(=O)O)C2)c2ccccc2n1. The number of anilines is 1. The van der Waals surface area contributed by atoms with Gasteiger partial charge in [-0.25, -0.2) is 0 Å². The molecule has 4 nitrogen and oxygen atoms in total. The second kappa shape index (κ2) is 5.72. The molecular formula is C17H20N2O2. The van der Waals surface area contributed by atoms with E-state index in [4.69, 9.17) is 4.98 Å². The quantitative estimate of drug-likeness (QED) is 0.937. The Bertz CT molecular complexity index is 669. The molecule has 1 aromatic carbocycles. The number of aromatic nitrogens is 1. The number of para-hydroxylation sites is 1. The predicted octanol–water partition coefficient (Wildman–Crippen LogP) is 3.10. The zero-order valence-corrected chi connectivity index (χ0v) is 12.2. The maximum atomic E-state index is 11.2. The highest BCUT2D eigenvalue weighted by molar-refractivity contribution is 5.92. The monoisotopic (exact) mass is 284 g/mol. The summed E-state index contributed by atoms with van der Waals surface area (Å²) in [5.74, 6) is -0.948. The van der Waals surface area contributed by atoms with Crippen LogP contribution in [0, 0.1) is 5.92 Å². The first-order valence-electron chi connectivity index (χ1n) is 7.55. The summed E-state index contributed by atoms with van der Waals surface area (Å²) in [6.45, 7) is 3.54. The number of rotatable bonds is 4. The van der Waals surface area contributed by atoms with E-state index < -0.39 is 5.97 Å². The highest BCUT2D eigenvalue weighted by atomic mass is 16.4. The third-order valence-electron chi connectivity index (χ3n) is 4.13. The molecule has 0 bridgehead atoms. The average molecular weight is 284 g/mol. The number of fused-ring (bicyclic) bond motifs is 1. The van der Waals surface area contributed by atoms with Crippen molar-refractivity contribution in [1.82, 2.24) is 4.98 Å². The highest BCUT2D eigenvalue weighted by Gasteiger charge is 2.29. The van der Waals surface area contributed by atoms with Gasteiger partial charge in [0.05, 0.1) is 11.4 Å². The molecule has 1 unspecified atom stereocenters. The lowest BCUT2D eigenvalue weighted by atomic mass is 10.1. The van der Waals surface area contributed by atoms with Crippen molar-refractivity contribution in [2.75, 3.05) is 18.0 Å². The Morgan fingerprint density at radius 1 is 1.43 bits per heavy atom. The van der Waals surface area contributed by atoms with Crippen molar-refractivity contribution in [3.63, 3.8) is 0 Å². The summed E-state index contributed by atoms with van der Waals surface area (Å²) in [4.78, 5) is 18.1. The highest BCUT2D eigenvalue weighted by Crippen LogP contribution is 2.31. The Kier molecular flexibility index (Phi) is 3.78. The zero-order valence-electron chi connectivity index (χ0n) is 12.2. The maximum Gasteiger partial charge on any atom is 0.308 e. The van der Waals surface area contributed by atoms with Gasteiger partial charge in [-0.2, -0.15) is 0 Å². The molecule has 4 heteroatoms. The van der Waals surface area contributed by atoms with E-state index in [-0.39, 0.29) is 5.92 Å². The van der Waals surface area contributed by atoms with E-state index in [1.54, 1.807) is 0 Å². The van der Waals surface area contributed by atoms with Gasteiger partial charge in [0.2, 0.25) is 0 Å². The number of nitrogens with zero attached hydrogens (tertiary/aromatic N) is 2. The summed E-state index contributed by atoms with van der Waals surface area (Å²) in [6, 6.07) is 10.2. The van der Waals surface area contributed by atoms with Crippen molar-refractivity contribution in [2.45, 2.75) is 26.2 Å². The smallest absolute Gasteiger partial charge is 0.308 e. The molecule has 0 amide bonds. The van der Waals surface area contributed by atoms with E-state index >= 15 is 0 Å². The van der Waals surface area contributed by atoms with Crippen LogP contribution in [0.1, 0.15) is 25.5 Å². The zero-order chi connectivity index (χ0) is 14.8. The number of pyridine rings is 1. The largest absolute Gasteiger partial charge is 0.481 e. The van der Waals surface area contributed by atoms with Crippen molar-refractivity contribution in [1.29, 1.82) is 0 Å². The number of hydrogen-bond donors (Lipinski definition) is 1. The number of aliphatic carboxylic acids is 1. The summed E-state index contributed by atoms with van der Waals surface area (Å²) < 4.78 is 0. The normalized spacial score (nSPS) is 18.3. The van der Waals surface area contributed by atoms with Gasteiger partial charge < -0.3 is 10.0 Å². The molecule has 110 valence electrons. The molecule has 0 saturated carbocycles. The molecule has 1 fully saturated rings. The molecule has 1 N–H and O–H groups in total. The molecule has 0 spiro atoms. The second-order valence-electron chi connectivity index (χ2n) is 5.67. The van der Waals surface area contributed by atoms with Crippen molar-refractivity contribution in [3.8, 4) is 0 Å². The molecule has 1 aliphatic rings. The molecule has 0 radical (unpaired) electrons. The minimum absolute atomic E-state index is 0.258. The van der Waals surface area contributed by atoms with Crippen molar-refractivity contribution >= 4 is 22.6 Å². The lowest BCUT2D eigenvalue weighted by molar-refractivity contribution is -0.140. The van der Waals surface area contributed by atoms with Gasteiger partial charge in [-0.1, -0.05) is 31.5 Å². The van der Waals surface area contributed by atoms with E-state index in [1.165, 1.54) is 0 Å². The van der Waals surface area contributed by atoms with Gasteiger partial charge in [-0.05, 0) is 25.0 Å². The Morgan fingerprint density at radius 2 is 2.24 bits per heavy atom. The fraction of sp³-hybridized carbons (Fsp3) is 0.412. The minimum Gasteiger partial charge on any atom is -0.481 e. The molecule has 21 heavy (non-hydrogen) atoms. The minimum atomic E-state index is -0.690. The number of carbonyl (C=O) groups is 1. The van der Waals surface area contributed by atoms with Gasteiger partial charge in [-0.3, -0.25) is 9.78 Å². The van der Waals surface area contributed by atoms with Crippen LogP contribution < -0.4 is 4.90 Å². The number of aryl methyl sites for hydroxylation is 1. The van der Waals surface area contributed by atoms with E-state index in [1.807, 2.05) is 18.2 Å². The Balaban J connectivity index is 2.02. The van der Waals surface area contributed by atoms with Crippen molar-refractivity contribution in [2.24, 2.45) is 5.92 Å². The van der Waals surface area contributed by atoms with Crippen LogP contribution in [0.15, 0.2) is 30.3 Å². The Morgan fingerprint density at radius 3 is 2.95 bits per heavy atom. The molecule has 2 heterocycles. The number of hydrogen-bond acceptors (Lipinski definition) is 3. The van der Waals surface area contributed by atoms with E-state index in [2.05, 4.69) is 24.0 Å². The molecule has 1 saturated heterocycles. The maximum absolute atomic E-state index is 11.2.